The summed E-state index contributed by atoms with van der Waals surface area (Å²) in [5, 5.41) is 6.72. The van der Waals surface area contributed by atoms with Gasteiger partial charge in [-0.15, -0.1) is 35.3 Å². The summed E-state index contributed by atoms with van der Waals surface area (Å²) in [5.41, 5.74) is 0. The largest absolute Gasteiger partial charge is 0.356 e. The lowest BCUT2D eigenvalue weighted by atomic mass is 10.1. The number of nitrogens with one attached hydrogen (secondary N) is 1. The van der Waals surface area contributed by atoms with Gasteiger partial charge in [0, 0.05) is 68.5 Å². The molecule has 1 saturated heterocycles. The Balaban J connectivity index is 0.00000243. The monoisotopic (exact) mass is 506 g/mol. The molecule has 3 heterocycles. The highest BCUT2D eigenvalue weighted by molar-refractivity contribution is 14.0. The Morgan fingerprint density at radius 3 is 2.69 bits per heavy atom. The molecule has 0 amide bonds. The van der Waals surface area contributed by atoms with E-state index in [-0.39, 0.29) is 24.0 Å². The first-order valence-corrected chi connectivity index (χ1v) is 10.4. The molecule has 26 heavy (non-hydrogen) atoms. The van der Waals surface area contributed by atoms with E-state index in [4.69, 9.17) is 0 Å². The predicted molar refractivity (Wildman–Crippen MR) is 123 cm³/mol. The lowest BCUT2D eigenvalue weighted by molar-refractivity contribution is 0.371. The summed E-state index contributed by atoms with van der Waals surface area (Å²) in [6, 6.07) is 4.31. The molecular weight excluding hydrogens is 479 g/mol. The third-order valence-electron chi connectivity index (χ3n) is 4.43. The van der Waals surface area contributed by atoms with Crippen molar-refractivity contribution >= 4 is 57.9 Å². The second-order valence-electron chi connectivity index (χ2n) is 6.17. The summed E-state index contributed by atoms with van der Waals surface area (Å²) >= 11 is 3.33. The number of nitrogens with zero attached hydrogens (tertiary/aromatic N) is 5. The summed E-state index contributed by atoms with van der Waals surface area (Å²) in [5.74, 6) is 2.43. The van der Waals surface area contributed by atoms with Crippen LogP contribution >= 0.6 is 46.8 Å². The first kappa shape index (κ1) is 21.4. The number of hydrogen-bond acceptors (Lipinski definition) is 6. The van der Waals surface area contributed by atoms with Crippen molar-refractivity contribution in [3.8, 4) is 0 Å². The molecule has 0 saturated carbocycles. The van der Waals surface area contributed by atoms with Gasteiger partial charge in [-0.1, -0.05) is 19.9 Å². The molecule has 1 N–H and O–H groups in total. The Labute approximate surface area is 180 Å². The standard InChI is InChI=1S/C17H26N6S2.HI/c1-4-15-20-17(25-21-15)23-9-7-22(8-10-23)16(18-3)19-12-13(2)14-6-5-11-24-14;/h5-6,11,13H,4,7-10,12H2,1-3H3,(H,18,19);1H. The Kier molecular flexibility index (Phi) is 8.55. The molecule has 1 aliphatic heterocycles. The van der Waals surface area contributed by atoms with Crippen LogP contribution in [0, 0.1) is 0 Å². The average molecular weight is 506 g/mol. The third-order valence-corrected chi connectivity index (χ3v) is 6.35. The SMILES string of the molecule is CCc1nsc(N2CCN(C(=NC)NCC(C)c3cccs3)CC2)n1.I. The van der Waals surface area contributed by atoms with Crippen molar-refractivity contribution in [3.63, 3.8) is 0 Å². The van der Waals surface area contributed by atoms with E-state index in [1.165, 1.54) is 16.4 Å². The molecule has 0 bridgehead atoms. The van der Waals surface area contributed by atoms with E-state index in [9.17, 15) is 0 Å². The van der Waals surface area contributed by atoms with Gasteiger partial charge in [0.05, 0.1) is 0 Å². The van der Waals surface area contributed by atoms with Gasteiger partial charge in [0.15, 0.2) is 5.96 Å². The maximum atomic E-state index is 4.60. The second-order valence-corrected chi connectivity index (χ2v) is 7.87. The fraction of sp³-hybridized carbons (Fsp3) is 0.588. The molecule has 1 atom stereocenters. The van der Waals surface area contributed by atoms with Crippen molar-refractivity contribution < 1.29 is 0 Å². The maximum Gasteiger partial charge on any atom is 0.205 e. The molecular formula is C17H27IN6S2. The van der Waals surface area contributed by atoms with Gasteiger partial charge < -0.3 is 15.1 Å². The topological polar surface area (TPSA) is 56.7 Å². The molecule has 0 radical (unpaired) electrons. The molecule has 2 aromatic rings. The molecule has 0 aliphatic carbocycles. The number of guanidine groups is 1. The average Bonchev–Trinajstić information content (AvgIpc) is 3.34. The van der Waals surface area contributed by atoms with Gasteiger partial charge in [-0.2, -0.15) is 4.37 Å². The molecule has 0 spiro atoms. The number of aliphatic imine (C=N–C) groups is 1. The van der Waals surface area contributed by atoms with Crippen LogP contribution in [0.15, 0.2) is 22.5 Å². The maximum absolute atomic E-state index is 4.60. The van der Waals surface area contributed by atoms with Gasteiger partial charge in [0.25, 0.3) is 0 Å². The van der Waals surface area contributed by atoms with Crippen molar-refractivity contribution in [1.82, 2.24) is 19.6 Å². The summed E-state index contributed by atoms with van der Waals surface area (Å²) in [6.07, 6.45) is 0.898. The molecule has 1 aliphatic rings. The summed E-state index contributed by atoms with van der Waals surface area (Å²) in [6.45, 7) is 9.08. The fourth-order valence-electron chi connectivity index (χ4n) is 2.88. The number of aromatic nitrogens is 2. The van der Waals surface area contributed by atoms with Crippen molar-refractivity contribution in [1.29, 1.82) is 0 Å². The highest BCUT2D eigenvalue weighted by atomic mass is 127. The van der Waals surface area contributed by atoms with Gasteiger partial charge in [-0.05, 0) is 11.4 Å². The van der Waals surface area contributed by atoms with E-state index < -0.39 is 0 Å². The summed E-state index contributed by atoms with van der Waals surface area (Å²) in [4.78, 5) is 15.1. The van der Waals surface area contributed by atoms with E-state index in [1.807, 2.05) is 18.4 Å². The van der Waals surface area contributed by atoms with Crippen molar-refractivity contribution in [2.45, 2.75) is 26.2 Å². The number of aryl methyl sites for hydroxylation is 1. The number of anilines is 1. The number of rotatable bonds is 5. The summed E-state index contributed by atoms with van der Waals surface area (Å²) < 4.78 is 4.39. The number of halogens is 1. The number of hydrogen-bond donors (Lipinski definition) is 1. The first-order chi connectivity index (χ1) is 12.2. The van der Waals surface area contributed by atoms with Crippen LogP contribution in [0.4, 0.5) is 5.13 Å². The fourth-order valence-corrected chi connectivity index (χ4v) is 4.46. The van der Waals surface area contributed by atoms with Gasteiger partial charge >= 0.3 is 0 Å². The van der Waals surface area contributed by atoms with E-state index in [1.54, 1.807) is 0 Å². The van der Waals surface area contributed by atoms with Crippen LogP contribution in [0.1, 0.15) is 30.5 Å². The molecule has 6 nitrogen and oxygen atoms in total. The van der Waals surface area contributed by atoms with E-state index in [0.29, 0.717) is 5.92 Å². The Hall–Kier alpha value is -0.940. The highest BCUT2D eigenvalue weighted by Crippen LogP contribution is 2.21. The van der Waals surface area contributed by atoms with Crippen molar-refractivity contribution in [2.75, 3.05) is 44.7 Å². The van der Waals surface area contributed by atoms with Crippen molar-refractivity contribution in [3.05, 3.63) is 28.2 Å². The van der Waals surface area contributed by atoms with E-state index in [0.717, 1.165) is 56.1 Å². The summed E-state index contributed by atoms with van der Waals surface area (Å²) in [7, 11) is 1.86. The highest BCUT2D eigenvalue weighted by Gasteiger charge is 2.22. The molecule has 1 unspecified atom stereocenters. The lowest BCUT2D eigenvalue weighted by Crippen LogP contribution is -2.53. The number of thiophene rings is 1. The third kappa shape index (κ3) is 5.29. The van der Waals surface area contributed by atoms with Crippen LogP contribution in [-0.4, -0.2) is 60.0 Å². The first-order valence-electron chi connectivity index (χ1n) is 8.77. The smallest absolute Gasteiger partial charge is 0.205 e. The normalized spacial score (nSPS) is 16.3. The van der Waals surface area contributed by atoms with Gasteiger partial charge in [0.1, 0.15) is 5.82 Å². The van der Waals surface area contributed by atoms with Gasteiger partial charge in [0.2, 0.25) is 5.13 Å². The molecule has 144 valence electrons. The zero-order valence-corrected chi connectivity index (χ0v) is 19.5. The van der Waals surface area contributed by atoms with Crippen LogP contribution < -0.4 is 10.2 Å². The zero-order valence-electron chi connectivity index (χ0n) is 15.5. The minimum atomic E-state index is 0. The Morgan fingerprint density at radius 1 is 1.35 bits per heavy atom. The van der Waals surface area contributed by atoms with Crippen LogP contribution in [-0.2, 0) is 6.42 Å². The molecule has 3 rings (SSSR count). The van der Waals surface area contributed by atoms with Crippen LogP contribution in [0.3, 0.4) is 0 Å². The molecule has 0 aromatic carbocycles. The number of piperazine rings is 1. The van der Waals surface area contributed by atoms with Crippen LogP contribution in [0.25, 0.3) is 0 Å². The van der Waals surface area contributed by atoms with E-state index >= 15 is 0 Å². The van der Waals surface area contributed by atoms with Gasteiger partial charge in [-0.25, -0.2) is 4.98 Å². The second kappa shape index (κ2) is 10.4. The lowest BCUT2D eigenvalue weighted by Gasteiger charge is -2.36. The Morgan fingerprint density at radius 2 is 2.12 bits per heavy atom. The quantitative estimate of drug-likeness (QED) is 0.383. The zero-order chi connectivity index (χ0) is 17.6. The van der Waals surface area contributed by atoms with Crippen LogP contribution in [0.5, 0.6) is 0 Å². The molecule has 1 fully saturated rings. The van der Waals surface area contributed by atoms with Crippen molar-refractivity contribution in [2.24, 2.45) is 4.99 Å². The van der Waals surface area contributed by atoms with Crippen LogP contribution in [0.2, 0.25) is 0 Å². The minimum Gasteiger partial charge on any atom is -0.356 e. The Bertz CT molecular complexity index is 679. The molecule has 2 aromatic heterocycles. The minimum absolute atomic E-state index is 0. The van der Waals surface area contributed by atoms with E-state index in [2.05, 4.69) is 60.8 Å². The predicted octanol–water partition coefficient (Wildman–Crippen LogP) is 3.28. The van der Waals surface area contributed by atoms with Gasteiger partial charge in [-0.3, -0.25) is 4.99 Å². The molecule has 9 heteroatoms.